The van der Waals surface area contributed by atoms with Gasteiger partial charge in [0.15, 0.2) is 0 Å². The Morgan fingerprint density at radius 2 is 2.23 bits per heavy atom. The Hall–Kier alpha value is -0.570. The molecule has 1 saturated heterocycles. The summed E-state index contributed by atoms with van der Waals surface area (Å²) in [6.07, 6.45) is 1.02. The smallest absolute Gasteiger partial charge is 0.321 e. The molecule has 0 spiro atoms. The summed E-state index contributed by atoms with van der Waals surface area (Å²) >= 11 is 0. The van der Waals surface area contributed by atoms with Crippen molar-refractivity contribution in [2.75, 3.05) is 13.1 Å². The van der Waals surface area contributed by atoms with Gasteiger partial charge in [-0.15, -0.1) is 0 Å². The van der Waals surface area contributed by atoms with E-state index in [1.807, 2.05) is 6.92 Å². The Morgan fingerprint density at radius 1 is 1.62 bits per heavy atom. The molecule has 2 atom stereocenters. The van der Waals surface area contributed by atoms with Crippen LogP contribution in [0.3, 0.4) is 0 Å². The molecule has 0 aromatic carbocycles. The van der Waals surface area contributed by atoms with Gasteiger partial charge >= 0.3 is 5.97 Å². The summed E-state index contributed by atoms with van der Waals surface area (Å²) < 4.78 is 0. The zero-order valence-corrected chi connectivity index (χ0v) is 8.66. The number of aliphatic carboxylic acids is 1. The molecule has 0 radical (unpaired) electrons. The molecule has 0 aromatic heterocycles. The maximum atomic E-state index is 11.0. The molecule has 1 aliphatic heterocycles. The topological polar surface area (TPSA) is 40.5 Å². The normalized spacial score (nSPS) is 29.8. The van der Waals surface area contributed by atoms with Gasteiger partial charge in [-0.3, -0.25) is 9.69 Å². The highest BCUT2D eigenvalue weighted by Gasteiger charge is 2.36. The van der Waals surface area contributed by atoms with Gasteiger partial charge in [-0.05, 0) is 24.8 Å². The van der Waals surface area contributed by atoms with E-state index in [1.165, 1.54) is 0 Å². The Morgan fingerprint density at radius 3 is 2.69 bits per heavy atom. The third-order valence-electron chi connectivity index (χ3n) is 2.66. The van der Waals surface area contributed by atoms with Crippen molar-refractivity contribution in [1.82, 2.24) is 4.90 Å². The highest BCUT2D eigenvalue weighted by Crippen LogP contribution is 2.24. The van der Waals surface area contributed by atoms with E-state index in [1.54, 1.807) is 0 Å². The predicted octanol–water partition coefficient (Wildman–Crippen LogP) is 1.44. The van der Waals surface area contributed by atoms with Crippen molar-refractivity contribution in [3.8, 4) is 0 Å². The Bertz CT molecular complexity index is 191. The number of hydrogen-bond donors (Lipinski definition) is 1. The standard InChI is InChI=1S/C10H19NO2/c1-7(2)6-11-5-4-8(3)9(11)10(12)13/h7-9H,4-6H2,1-3H3,(H,12,13). The first-order chi connectivity index (χ1) is 6.02. The molecule has 0 saturated carbocycles. The van der Waals surface area contributed by atoms with Crippen LogP contribution >= 0.6 is 0 Å². The quantitative estimate of drug-likeness (QED) is 0.723. The van der Waals surface area contributed by atoms with Crippen LogP contribution in [0, 0.1) is 11.8 Å². The molecule has 0 amide bonds. The van der Waals surface area contributed by atoms with Crippen molar-refractivity contribution in [3.05, 3.63) is 0 Å². The van der Waals surface area contributed by atoms with Gasteiger partial charge in [0.05, 0.1) is 0 Å². The largest absolute Gasteiger partial charge is 0.480 e. The van der Waals surface area contributed by atoms with Gasteiger partial charge in [0.2, 0.25) is 0 Å². The van der Waals surface area contributed by atoms with Crippen LogP contribution in [0.2, 0.25) is 0 Å². The van der Waals surface area contributed by atoms with Gasteiger partial charge in [0.25, 0.3) is 0 Å². The van der Waals surface area contributed by atoms with E-state index >= 15 is 0 Å². The van der Waals surface area contributed by atoms with E-state index in [0.717, 1.165) is 19.5 Å². The van der Waals surface area contributed by atoms with E-state index in [4.69, 9.17) is 5.11 Å². The lowest BCUT2D eigenvalue weighted by Crippen LogP contribution is -2.40. The highest BCUT2D eigenvalue weighted by atomic mass is 16.4. The second kappa shape index (κ2) is 4.09. The second-order valence-electron chi connectivity index (χ2n) is 4.44. The Kier molecular flexibility index (Phi) is 3.31. The number of rotatable bonds is 3. The molecule has 1 N–H and O–H groups in total. The van der Waals surface area contributed by atoms with E-state index in [9.17, 15) is 4.79 Å². The number of carboxylic acids is 1. The minimum absolute atomic E-state index is 0.248. The van der Waals surface area contributed by atoms with Gasteiger partial charge < -0.3 is 5.11 Å². The number of carboxylic acid groups (broad SMARTS) is 1. The molecule has 1 rings (SSSR count). The lowest BCUT2D eigenvalue weighted by Gasteiger charge is -2.24. The maximum absolute atomic E-state index is 11.0. The van der Waals surface area contributed by atoms with Crippen molar-refractivity contribution < 1.29 is 9.90 Å². The van der Waals surface area contributed by atoms with Crippen LogP contribution in [0.25, 0.3) is 0 Å². The van der Waals surface area contributed by atoms with Gasteiger partial charge in [-0.1, -0.05) is 20.8 Å². The molecule has 0 bridgehead atoms. The van der Waals surface area contributed by atoms with Crippen LogP contribution in [-0.4, -0.2) is 35.1 Å². The minimum atomic E-state index is -0.661. The number of likely N-dealkylation sites (tertiary alicyclic amines) is 1. The molecular weight excluding hydrogens is 166 g/mol. The molecule has 3 nitrogen and oxygen atoms in total. The van der Waals surface area contributed by atoms with E-state index in [2.05, 4.69) is 18.7 Å². The Balaban J connectivity index is 2.59. The highest BCUT2D eigenvalue weighted by molar-refractivity contribution is 5.74. The zero-order valence-electron chi connectivity index (χ0n) is 8.66. The van der Waals surface area contributed by atoms with Gasteiger partial charge in [0.1, 0.15) is 6.04 Å². The average molecular weight is 185 g/mol. The molecule has 76 valence electrons. The molecule has 1 heterocycles. The first-order valence-electron chi connectivity index (χ1n) is 4.99. The SMILES string of the molecule is CC(C)CN1CCC(C)C1C(=O)O. The number of hydrogen-bond acceptors (Lipinski definition) is 2. The van der Waals surface area contributed by atoms with Crippen LogP contribution in [0.1, 0.15) is 27.2 Å². The van der Waals surface area contributed by atoms with Crippen LogP contribution in [0.4, 0.5) is 0 Å². The zero-order chi connectivity index (χ0) is 10.0. The summed E-state index contributed by atoms with van der Waals surface area (Å²) in [6.45, 7) is 8.13. The fourth-order valence-corrected chi connectivity index (χ4v) is 2.10. The minimum Gasteiger partial charge on any atom is -0.480 e. The molecule has 0 aromatic rings. The summed E-state index contributed by atoms with van der Waals surface area (Å²) in [7, 11) is 0. The molecule has 3 heteroatoms. The third-order valence-corrected chi connectivity index (χ3v) is 2.66. The van der Waals surface area contributed by atoms with Crippen molar-refractivity contribution in [1.29, 1.82) is 0 Å². The van der Waals surface area contributed by atoms with Crippen LogP contribution in [0.5, 0.6) is 0 Å². The average Bonchev–Trinajstić information content (AvgIpc) is 2.30. The van der Waals surface area contributed by atoms with E-state index < -0.39 is 5.97 Å². The lowest BCUT2D eigenvalue weighted by atomic mass is 10.0. The molecular formula is C10H19NO2. The van der Waals surface area contributed by atoms with Crippen molar-refractivity contribution in [3.63, 3.8) is 0 Å². The van der Waals surface area contributed by atoms with Crippen molar-refractivity contribution in [2.45, 2.75) is 33.2 Å². The fraction of sp³-hybridized carbons (Fsp3) is 0.900. The monoisotopic (exact) mass is 185 g/mol. The summed E-state index contributed by atoms with van der Waals surface area (Å²) in [5, 5.41) is 9.03. The van der Waals surface area contributed by atoms with Gasteiger partial charge in [-0.25, -0.2) is 0 Å². The van der Waals surface area contributed by atoms with Gasteiger partial charge in [0, 0.05) is 6.54 Å². The first kappa shape index (κ1) is 10.5. The second-order valence-corrected chi connectivity index (χ2v) is 4.44. The van der Waals surface area contributed by atoms with Crippen LogP contribution in [0.15, 0.2) is 0 Å². The molecule has 1 fully saturated rings. The molecule has 0 aliphatic carbocycles. The summed E-state index contributed by atoms with van der Waals surface area (Å²) in [6, 6.07) is -0.248. The molecule has 1 aliphatic rings. The molecule has 13 heavy (non-hydrogen) atoms. The fourth-order valence-electron chi connectivity index (χ4n) is 2.10. The maximum Gasteiger partial charge on any atom is 0.321 e. The van der Waals surface area contributed by atoms with Crippen LogP contribution in [-0.2, 0) is 4.79 Å². The van der Waals surface area contributed by atoms with E-state index in [-0.39, 0.29) is 6.04 Å². The van der Waals surface area contributed by atoms with Crippen molar-refractivity contribution >= 4 is 5.97 Å². The lowest BCUT2D eigenvalue weighted by molar-refractivity contribution is -0.143. The summed E-state index contributed by atoms with van der Waals surface area (Å²) in [4.78, 5) is 13.1. The first-order valence-corrected chi connectivity index (χ1v) is 4.99. The Labute approximate surface area is 79.7 Å². The van der Waals surface area contributed by atoms with Gasteiger partial charge in [-0.2, -0.15) is 0 Å². The van der Waals surface area contributed by atoms with E-state index in [0.29, 0.717) is 11.8 Å². The predicted molar refractivity (Wildman–Crippen MR) is 51.6 cm³/mol. The third kappa shape index (κ3) is 2.44. The van der Waals surface area contributed by atoms with Crippen molar-refractivity contribution in [2.24, 2.45) is 11.8 Å². The van der Waals surface area contributed by atoms with Crippen LogP contribution < -0.4 is 0 Å². The molecule has 2 unspecified atom stereocenters. The number of carbonyl (C=O) groups is 1. The summed E-state index contributed by atoms with van der Waals surface area (Å²) in [5.74, 6) is 0.189. The number of nitrogens with zero attached hydrogens (tertiary/aromatic N) is 1. The summed E-state index contributed by atoms with van der Waals surface area (Å²) in [5.41, 5.74) is 0.